The number of carbonyl (C=O) groups is 1. The summed E-state index contributed by atoms with van der Waals surface area (Å²) in [7, 11) is 0. The maximum absolute atomic E-state index is 11.3. The first-order valence-electron chi connectivity index (χ1n) is 5.56. The molecule has 0 radical (unpaired) electrons. The van der Waals surface area contributed by atoms with Gasteiger partial charge in [-0.3, -0.25) is 4.79 Å². The third kappa shape index (κ3) is 8.39. The second kappa shape index (κ2) is 6.80. The standard InChI is InChI=1S/C11H24N2O2/c1-9(2)5-4-6-13-10(14)7-11(3,15)8-12/h9,15H,4-8,12H2,1-3H3,(H,13,14). The van der Waals surface area contributed by atoms with E-state index in [1.165, 1.54) is 0 Å². The molecular weight excluding hydrogens is 192 g/mol. The van der Waals surface area contributed by atoms with Gasteiger partial charge >= 0.3 is 0 Å². The molecule has 0 aromatic carbocycles. The third-order valence-electron chi connectivity index (χ3n) is 2.26. The van der Waals surface area contributed by atoms with Crippen LogP contribution in [0.4, 0.5) is 0 Å². The van der Waals surface area contributed by atoms with Crippen molar-refractivity contribution in [3.63, 3.8) is 0 Å². The van der Waals surface area contributed by atoms with Gasteiger partial charge in [0.25, 0.3) is 0 Å². The highest BCUT2D eigenvalue weighted by atomic mass is 16.3. The largest absolute Gasteiger partial charge is 0.388 e. The van der Waals surface area contributed by atoms with Crippen molar-refractivity contribution in [3.05, 3.63) is 0 Å². The summed E-state index contributed by atoms with van der Waals surface area (Å²) in [5, 5.41) is 12.3. The molecule has 0 aliphatic rings. The minimum absolute atomic E-state index is 0.0746. The van der Waals surface area contributed by atoms with Gasteiger partial charge in [0, 0.05) is 13.1 Å². The van der Waals surface area contributed by atoms with Gasteiger partial charge in [-0.05, 0) is 25.7 Å². The molecule has 0 aromatic rings. The van der Waals surface area contributed by atoms with E-state index in [2.05, 4.69) is 19.2 Å². The molecule has 1 unspecified atom stereocenters. The molecule has 0 saturated carbocycles. The summed E-state index contributed by atoms with van der Waals surface area (Å²) < 4.78 is 0. The molecule has 1 atom stereocenters. The number of nitrogens with two attached hydrogens (primary N) is 1. The van der Waals surface area contributed by atoms with E-state index in [0.29, 0.717) is 12.5 Å². The first kappa shape index (κ1) is 14.4. The Morgan fingerprint density at radius 3 is 2.60 bits per heavy atom. The molecule has 0 aromatic heterocycles. The zero-order valence-electron chi connectivity index (χ0n) is 10.0. The van der Waals surface area contributed by atoms with Crippen LogP contribution in [0.25, 0.3) is 0 Å². The monoisotopic (exact) mass is 216 g/mol. The molecule has 15 heavy (non-hydrogen) atoms. The van der Waals surface area contributed by atoms with E-state index in [0.717, 1.165) is 12.8 Å². The summed E-state index contributed by atoms with van der Waals surface area (Å²) in [6.07, 6.45) is 2.16. The molecule has 0 spiro atoms. The molecule has 4 nitrogen and oxygen atoms in total. The normalized spacial score (nSPS) is 15.1. The SMILES string of the molecule is CC(C)CCCNC(=O)CC(C)(O)CN. The van der Waals surface area contributed by atoms with Crippen LogP contribution < -0.4 is 11.1 Å². The average Bonchev–Trinajstić information content (AvgIpc) is 2.11. The van der Waals surface area contributed by atoms with Crippen LogP contribution in [0.1, 0.15) is 40.0 Å². The van der Waals surface area contributed by atoms with E-state index in [-0.39, 0.29) is 18.9 Å². The molecular formula is C11H24N2O2. The zero-order valence-corrected chi connectivity index (χ0v) is 10.0. The number of amides is 1. The van der Waals surface area contributed by atoms with Gasteiger partial charge in [0.1, 0.15) is 0 Å². The van der Waals surface area contributed by atoms with Crippen LogP contribution in [0, 0.1) is 5.92 Å². The van der Waals surface area contributed by atoms with Crippen molar-refractivity contribution in [2.24, 2.45) is 11.7 Å². The highest BCUT2D eigenvalue weighted by Gasteiger charge is 2.21. The number of carbonyl (C=O) groups excluding carboxylic acids is 1. The molecule has 0 aliphatic heterocycles. The van der Waals surface area contributed by atoms with Gasteiger partial charge in [0.05, 0.1) is 12.0 Å². The smallest absolute Gasteiger partial charge is 0.222 e. The van der Waals surface area contributed by atoms with Gasteiger partial charge in [-0.2, -0.15) is 0 Å². The maximum Gasteiger partial charge on any atom is 0.222 e. The number of hydrogen-bond donors (Lipinski definition) is 3. The fraction of sp³-hybridized carbons (Fsp3) is 0.909. The lowest BCUT2D eigenvalue weighted by Gasteiger charge is -2.20. The minimum atomic E-state index is -1.08. The number of aliphatic hydroxyl groups is 1. The molecule has 0 heterocycles. The molecule has 0 rings (SSSR count). The average molecular weight is 216 g/mol. The van der Waals surface area contributed by atoms with E-state index in [9.17, 15) is 9.90 Å². The molecule has 0 fully saturated rings. The number of nitrogens with one attached hydrogen (secondary N) is 1. The maximum atomic E-state index is 11.3. The predicted octanol–water partition coefficient (Wildman–Crippen LogP) is 0.639. The summed E-state index contributed by atoms with van der Waals surface area (Å²) in [6.45, 7) is 6.66. The molecule has 4 heteroatoms. The van der Waals surface area contributed by atoms with Crippen molar-refractivity contribution in [1.82, 2.24) is 5.32 Å². The van der Waals surface area contributed by atoms with Crippen LogP contribution in [0.2, 0.25) is 0 Å². The second-order valence-corrected chi connectivity index (χ2v) is 4.76. The van der Waals surface area contributed by atoms with Gasteiger partial charge < -0.3 is 16.2 Å². The number of hydrogen-bond acceptors (Lipinski definition) is 3. The van der Waals surface area contributed by atoms with Crippen LogP contribution >= 0.6 is 0 Å². The third-order valence-corrected chi connectivity index (χ3v) is 2.26. The topological polar surface area (TPSA) is 75.3 Å². The summed E-state index contributed by atoms with van der Waals surface area (Å²) in [5.41, 5.74) is 4.24. The van der Waals surface area contributed by atoms with Crippen LogP contribution in [0.15, 0.2) is 0 Å². The highest BCUT2D eigenvalue weighted by Crippen LogP contribution is 2.06. The van der Waals surface area contributed by atoms with Crippen molar-refractivity contribution in [2.75, 3.05) is 13.1 Å². The highest BCUT2D eigenvalue weighted by molar-refractivity contribution is 5.76. The first-order chi connectivity index (χ1) is 6.87. The summed E-state index contributed by atoms with van der Waals surface area (Å²) in [4.78, 5) is 11.3. The van der Waals surface area contributed by atoms with Crippen LogP contribution in [0.5, 0.6) is 0 Å². The minimum Gasteiger partial charge on any atom is -0.388 e. The Bertz CT molecular complexity index is 191. The molecule has 4 N–H and O–H groups in total. The van der Waals surface area contributed by atoms with Crippen LogP contribution in [-0.4, -0.2) is 29.7 Å². The van der Waals surface area contributed by atoms with E-state index in [1.54, 1.807) is 6.92 Å². The van der Waals surface area contributed by atoms with Crippen molar-refractivity contribution in [2.45, 2.75) is 45.6 Å². The Morgan fingerprint density at radius 2 is 2.13 bits per heavy atom. The molecule has 90 valence electrons. The summed E-state index contributed by atoms with van der Waals surface area (Å²) in [5.74, 6) is 0.531. The Labute approximate surface area is 92.2 Å². The van der Waals surface area contributed by atoms with Crippen LogP contribution in [0.3, 0.4) is 0 Å². The van der Waals surface area contributed by atoms with E-state index < -0.39 is 5.60 Å². The second-order valence-electron chi connectivity index (χ2n) is 4.76. The predicted molar refractivity (Wildman–Crippen MR) is 61.4 cm³/mol. The van der Waals surface area contributed by atoms with E-state index in [1.807, 2.05) is 0 Å². The van der Waals surface area contributed by atoms with Crippen molar-refractivity contribution in [3.8, 4) is 0 Å². The Kier molecular flexibility index (Phi) is 6.52. The van der Waals surface area contributed by atoms with Crippen LogP contribution in [-0.2, 0) is 4.79 Å². The fourth-order valence-corrected chi connectivity index (χ4v) is 1.22. The van der Waals surface area contributed by atoms with Gasteiger partial charge in [-0.25, -0.2) is 0 Å². The van der Waals surface area contributed by atoms with E-state index in [4.69, 9.17) is 5.73 Å². The van der Waals surface area contributed by atoms with Gasteiger partial charge in [-0.15, -0.1) is 0 Å². The Balaban J connectivity index is 3.58. The first-order valence-corrected chi connectivity index (χ1v) is 5.56. The molecule has 1 amide bonds. The zero-order chi connectivity index (χ0) is 11.9. The van der Waals surface area contributed by atoms with Gasteiger partial charge in [0.2, 0.25) is 5.91 Å². The lowest BCUT2D eigenvalue weighted by atomic mass is 10.0. The molecule has 0 saturated heterocycles. The number of rotatable bonds is 7. The fourth-order valence-electron chi connectivity index (χ4n) is 1.22. The van der Waals surface area contributed by atoms with Crippen molar-refractivity contribution >= 4 is 5.91 Å². The van der Waals surface area contributed by atoms with Gasteiger partial charge in [0.15, 0.2) is 0 Å². The van der Waals surface area contributed by atoms with Crippen molar-refractivity contribution in [1.29, 1.82) is 0 Å². The lowest BCUT2D eigenvalue weighted by Crippen LogP contribution is -2.40. The summed E-state index contributed by atoms with van der Waals surface area (Å²) >= 11 is 0. The Hall–Kier alpha value is -0.610. The Morgan fingerprint density at radius 1 is 1.53 bits per heavy atom. The van der Waals surface area contributed by atoms with Gasteiger partial charge in [-0.1, -0.05) is 13.8 Å². The lowest BCUT2D eigenvalue weighted by molar-refractivity contribution is -0.125. The molecule has 0 aliphatic carbocycles. The van der Waals surface area contributed by atoms with Crippen molar-refractivity contribution < 1.29 is 9.90 Å². The summed E-state index contributed by atoms with van der Waals surface area (Å²) in [6, 6.07) is 0. The molecule has 0 bridgehead atoms. The van der Waals surface area contributed by atoms with E-state index >= 15 is 0 Å². The quantitative estimate of drug-likeness (QED) is 0.547.